The van der Waals surface area contributed by atoms with Gasteiger partial charge in [0.15, 0.2) is 0 Å². The molecule has 3 nitrogen and oxygen atoms in total. The normalized spacial score (nSPS) is 12.2. The van der Waals surface area contributed by atoms with Crippen LogP contribution in [0.25, 0.3) is 5.65 Å². The van der Waals surface area contributed by atoms with Crippen LogP contribution in [-0.2, 0) is 0 Å². The minimum atomic E-state index is -2.50. The van der Waals surface area contributed by atoms with Crippen LogP contribution in [0.5, 0.6) is 0 Å². The van der Waals surface area contributed by atoms with E-state index in [1.54, 1.807) is 0 Å². The second-order valence-electron chi connectivity index (χ2n) is 6.66. The molecule has 0 saturated carbocycles. The summed E-state index contributed by atoms with van der Waals surface area (Å²) < 4.78 is 7.82. The van der Waals surface area contributed by atoms with Crippen LogP contribution in [0.4, 0.5) is 0 Å². The molecule has 2 aromatic rings. The van der Waals surface area contributed by atoms with Gasteiger partial charge in [0, 0.05) is 0 Å². The molecule has 0 spiro atoms. The van der Waals surface area contributed by atoms with Crippen LogP contribution < -0.4 is 3.71 Å². The second kappa shape index (κ2) is 9.26. The van der Waals surface area contributed by atoms with Crippen LogP contribution in [0.2, 0.25) is 18.5 Å². The van der Waals surface area contributed by atoms with Gasteiger partial charge >= 0.3 is 150 Å². The molecule has 0 N–H and O–H groups in total. The Morgan fingerprint density at radius 2 is 1.52 bits per heavy atom. The van der Waals surface area contributed by atoms with Gasteiger partial charge in [0.05, 0.1) is 0 Å². The van der Waals surface area contributed by atoms with E-state index in [1.165, 1.54) is 55.5 Å². The molecule has 0 fully saturated rings. The Balaban J connectivity index is 2.48. The van der Waals surface area contributed by atoms with Gasteiger partial charge in [0.25, 0.3) is 0 Å². The number of nitrogens with zero attached hydrogens (tertiary/aromatic N) is 3. The SMILES string of the molecule is CCC[CH2][Sn]([CH2]CCC)([CH2]CCC)[c]1cnc2ccc(Cl)nn12. The first-order chi connectivity index (χ1) is 11.2. The molecule has 2 rings (SSSR count). The van der Waals surface area contributed by atoms with Crippen molar-refractivity contribution in [2.75, 3.05) is 0 Å². The maximum atomic E-state index is 6.17. The van der Waals surface area contributed by atoms with Crippen molar-refractivity contribution in [2.24, 2.45) is 0 Å². The molecule has 2 aromatic heterocycles. The van der Waals surface area contributed by atoms with E-state index in [9.17, 15) is 0 Å². The molecule has 0 aliphatic heterocycles. The number of fused-ring (bicyclic) bond motifs is 1. The second-order valence-corrected chi connectivity index (χ2v) is 20.1. The first kappa shape index (κ1) is 19.0. The molecule has 2 heterocycles. The molecule has 0 aliphatic carbocycles. The maximum absolute atomic E-state index is 6.17. The fourth-order valence-corrected chi connectivity index (χ4v) is 19.5. The number of imidazole rings is 1. The van der Waals surface area contributed by atoms with Gasteiger partial charge in [-0.15, -0.1) is 0 Å². The van der Waals surface area contributed by atoms with Crippen molar-refractivity contribution in [1.29, 1.82) is 0 Å². The Hall–Kier alpha value is -0.291. The van der Waals surface area contributed by atoms with Gasteiger partial charge in [-0.1, -0.05) is 0 Å². The number of rotatable bonds is 10. The summed E-state index contributed by atoms with van der Waals surface area (Å²) in [5.41, 5.74) is 0.954. The standard InChI is InChI=1S/C6H3ClN3.3C4H9.Sn/c7-5-1-2-6-8-3-4-10(6)9-5;3*1-3-4-2;/h1-3H;3*1,3-4H2,2H3;. The number of hydrogen-bond acceptors (Lipinski definition) is 2. The Morgan fingerprint density at radius 3 is 2.04 bits per heavy atom. The summed E-state index contributed by atoms with van der Waals surface area (Å²) in [4.78, 5) is 4.64. The molecule has 128 valence electrons. The van der Waals surface area contributed by atoms with Gasteiger partial charge in [-0.25, -0.2) is 0 Å². The zero-order valence-electron chi connectivity index (χ0n) is 14.8. The number of halogens is 1. The fourth-order valence-electron chi connectivity index (χ4n) is 3.52. The predicted octanol–water partition coefficient (Wildman–Crippen LogP) is 5.44. The summed E-state index contributed by atoms with van der Waals surface area (Å²) in [7, 11) is 0. The van der Waals surface area contributed by atoms with Gasteiger partial charge in [-0.2, -0.15) is 0 Å². The summed E-state index contributed by atoms with van der Waals surface area (Å²) >= 11 is 3.68. The van der Waals surface area contributed by atoms with Gasteiger partial charge in [-0.05, 0) is 0 Å². The van der Waals surface area contributed by atoms with Crippen molar-refractivity contribution < 1.29 is 0 Å². The fraction of sp³-hybridized carbons (Fsp3) is 0.667. The van der Waals surface area contributed by atoms with Gasteiger partial charge < -0.3 is 0 Å². The van der Waals surface area contributed by atoms with Crippen LogP contribution in [0.3, 0.4) is 0 Å². The van der Waals surface area contributed by atoms with E-state index in [1.807, 2.05) is 12.1 Å². The molecule has 0 aliphatic rings. The first-order valence-corrected chi connectivity index (χ1v) is 17.0. The Labute approximate surface area is 149 Å². The third-order valence-electron chi connectivity index (χ3n) is 4.90. The van der Waals surface area contributed by atoms with Crippen LogP contribution in [-0.4, -0.2) is 33.0 Å². The monoisotopic (exact) mass is 443 g/mol. The molecular formula is C18H30ClN3Sn. The van der Waals surface area contributed by atoms with Crippen LogP contribution >= 0.6 is 11.6 Å². The Bertz CT molecular complexity index is 590. The van der Waals surface area contributed by atoms with Crippen LogP contribution in [0.15, 0.2) is 18.3 Å². The number of aromatic nitrogens is 3. The van der Waals surface area contributed by atoms with Crippen molar-refractivity contribution in [2.45, 2.75) is 72.6 Å². The number of hydrogen-bond donors (Lipinski definition) is 0. The molecule has 0 amide bonds. The third-order valence-corrected chi connectivity index (χ3v) is 20.4. The van der Waals surface area contributed by atoms with Gasteiger partial charge in [0.2, 0.25) is 0 Å². The van der Waals surface area contributed by atoms with Crippen molar-refractivity contribution in [1.82, 2.24) is 14.6 Å². The van der Waals surface area contributed by atoms with E-state index >= 15 is 0 Å². The van der Waals surface area contributed by atoms with Crippen molar-refractivity contribution in [3.8, 4) is 0 Å². The summed E-state index contributed by atoms with van der Waals surface area (Å²) in [5, 5.41) is 5.17. The molecule has 5 heteroatoms. The zero-order chi connectivity index (χ0) is 16.7. The average molecular weight is 443 g/mol. The average Bonchev–Trinajstić information content (AvgIpc) is 2.98. The van der Waals surface area contributed by atoms with Crippen LogP contribution in [0.1, 0.15) is 59.3 Å². The number of unbranched alkanes of at least 4 members (excludes halogenated alkanes) is 3. The minimum absolute atomic E-state index is 0.568. The molecule has 0 aromatic carbocycles. The first-order valence-electron chi connectivity index (χ1n) is 9.17. The van der Waals surface area contributed by atoms with Crippen molar-refractivity contribution in [3.05, 3.63) is 23.5 Å². The molecular weight excluding hydrogens is 412 g/mol. The molecule has 0 unspecified atom stereocenters. The van der Waals surface area contributed by atoms with Gasteiger partial charge in [-0.3, -0.25) is 0 Å². The van der Waals surface area contributed by atoms with Crippen LogP contribution in [0, 0.1) is 0 Å². The molecule has 0 atom stereocenters. The summed E-state index contributed by atoms with van der Waals surface area (Å²) in [6, 6.07) is 3.84. The van der Waals surface area contributed by atoms with E-state index in [0.29, 0.717) is 5.15 Å². The van der Waals surface area contributed by atoms with E-state index < -0.39 is 18.4 Å². The zero-order valence-corrected chi connectivity index (χ0v) is 18.4. The van der Waals surface area contributed by atoms with E-state index in [4.69, 9.17) is 11.6 Å². The predicted molar refractivity (Wildman–Crippen MR) is 103 cm³/mol. The molecule has 0 bridgehead atoms. The quantitative estimate of drug-likeness (QED) is 0.459. The van der Waals surface area contributed by atoms with E-state index in [-0.39, 0.29) is 0 Å². The van der Waals surface area contributed by atoms with E-state index in [2.05, 4.69) is 41.6 Å². The molecule has 23 heavy (non-hydrogen) atoms. The summed E-state index contributed by atoms with van der Waals surface area (Å²) in [6.07, 6.45) is 10.0. The summed E-state index contributed by atoms with van der Waals surface area (Å²) in [5.74, 6) is 0. The Morgan fingerprint density at radius 1 is 0.957 bits per heavy atom. The van der Waals surface area contributed by atoms with Crippen molar-refractivity contribution >= 4 is 39.3 Å². The molecule has 0 radical (unpaired) electrons. The van der Waals surface area contributed by atoms with Crippen molar-refractivity contribution in [3.63, 3.8) is 0 Å². The van der Waals surface area contributed by atoms with E-state index in [0.717, 1.165) is 5.65 Å². The third kappa shape index (κ3) is 4.62. The topological polar surface area (TPSA) is 30.2 Å². The summed E-state index contributed by atoms with van der Waals surface area (Å²) in [6.45, 7) is 6.92. The van der Waals surface area contributed by atoms with Gasteiger partial charge in [0.1, 0.15) is 0 Å². The Kier molecular flexibility index (Phi) is 7.66. The molecule has 0 saturated heterocycles.